The summed E-state index contributed by atoms with van der Waals surface area (Å²) in [5.74, 6) is 0.448. The molecule has 1 heterocycles. The standard InChI is InChI=1S/C15H15N3O2S/c19-12(10-20-15-9-17-21-18-15)8-16-14-7-3-5-11-4-1-2-6-13(11)14/h1-7,9,12,16,19H,8,10H2. The largest absolute Gasteiger partial charge is 0.473 e. The molecule has 6 heteroatoms. The quantitative estimate of drug-likeness (QED) is 0.732. The third kappa shape index (κ3) is 3.48. The molecule has 0 bridgehead atoms. The molecule has 2 N–H and O–H groups in total. The number of nitrogens with one attached hydrogen (secondary N) is 1. The Morgan fingerprint density at radius 2 is 2.05 bits per heavy atom. The number of ether oxygens (including phenoxy) is 1. The molecule has 0 aliphatic heterocycles. The van der Waals surface area contributed by atoms with E-state index < -0.39 is 6.10 Å². The van der Waals surface area contributed by atoms with Gasteiger partial charge in [-0.2, -0.15) is 4.37 Å². The minimum atomic E-state index is -0.620. The monoisotopic (exact) mass is 301 g/mol. The first-order valence-electron chi connectivity index (χ1n) is 6.63. The second kappa shape index (κ2) is 6.51. The molecule has 3 aromatic rings. The fourth-order valence-corrected chi connectivity index (χ4v) is 2.43. The minimum absolute atomic E-state index is 0.184. The zero-order chi connectivity index (χ0) is 14.5. The molecule has 0 spiro atoms. The first kappa shape index (κ1) is 13.8. The van der Waals surface area contributed by atoms with Crippen molar-refractivity contribution in [3.63, 3.8) is 0 Å². The molecular formula is C15H15N3O2S. The Balaban J connectivity index is 1.58. The summed E-state index contributed by atoms with van der Waals surface area (Å²) in [5, 5.41) is 15.5. The molecule has 1 aromatic heterocycles. The number of aliphatic hydroxyl groups excluding tert-OH is 1. The molecule has 0 amide bonds. The molecule has 21 heavy (non-hydrogen) atoms. The van der Waals surface area contributed by atoms with E-state index in [2.05, 4.69) is 32.3 Å². The summed E-state index contributed by atoms with van der Waals surface area (Å²) in [4.78, 5) is 0. The van der Waals surface area contributed by atoms with Crippen molar-refractivity contribution in [3.05, 3.63) is 48.7 Å². The highest BCUT2D eigenvalue weighted by molar-refractivity contribution is 6.99. The van der Waals surface area contributed by atoms with Crippen molar-refractivity contribution >= 4 is 28.2 Å². The summed E-state index contributed by atoms with van der Waals surface area (Å²) in [6.07, 6.45) is 0.917. The van der Waals surface area contributed by atoms with Gasteiger partial charge >= 0.3 is 0 Å². The van der Waals surface area contributed by atoms with E-state index in [1.54, 1.807) is 0 Å². The summed E-state index contributed by atoms with van der Waals surface area (Å²) in [5.41, 5.74) is 1.00. The molecular weight excluding hydrogens is 286 g/mol. The van der Waals surface area contributed by atoms with E-state index in [-0.39, 0.29) is 6.61 Å². The van der Waals surface area contributed by atoms with Crippen LogP contribution in [0.1, 0.15) is 0 Å². The molecule has 0 radical (unpaired) electrons. The van der Waals surface area contributed by atoms with Crippen LogP contribution in [0.5, 0.6) is 5.88 Å². The minimum Gasteiger partial charge on any atom is -0.473 e. The Hall–Kier alpha value is -2.18. The van der Waals surface area contributed by atoms with Crippen molar-refractivity contribution < 1.29 is 9.84 Å². The normalized spacial score (nSPS) is 12.2. The lowest BCUT2D eigenvalue weighted by atomic mass is 10.1. The zero-order valence-electron chi connectivity index (χ0n) is 11.3. The van der Waals surface area contributed by atoms with Gasteiger partial charge in [-0.1, -0.05) is 36.4 Å². The summed E-state index contributed by atoms with van der Waals surface area (Å²) >= 11 is 1.08. The first-order chi connectivity index (χ1) is 10.3. The number of aromatic nitrogens is 2. The van der Waals surface area contributed by atoms with Crippen LogP contribution in [0.4, 0.5) is 5.69 Å². The summed E-state index contributed by atoms with van der Waals surface area (Å²) < 4.78 is 13.1. The number of hydrogen-bond donors (Lipinski definition) is 2. The van der Waals surface area contributed by atoms with Crippen LogP contribution in [0.3, 0.4) is 0 Å². The van der Waals surface area contributed by atoms with Crippen LogP contribution >= 0.6 is 11.7 Å². The van der Waals surface area contributed by atoms with Crippen LogP contribution in [0.15, 0.2) is 48.7 Å². The number of rotatable bonds is 6. The number of fused-ring (bicyclic) bond motifs is 1. The van der Waals surface area contributed by atoms with Crippen LogP contribution in [-0.4, -0.2) is 33.1 Å². The van der Waals surface area contributed by atoms with Crippen molar-refractivity contribution in [1.82, 2.24) is 8.75 Å². The Kier molecular flexibility index (Phi) is 4.28. The molecule has 0 saturated heterocycles. The highest BCUT2D eigenvalue weighted by Crippen LogP contribution is 2.22. The van der Waals surface area contributed by atoms with Gasteiger partial charge in [0, 0.05) is 17.6 Å². The van der Waals surface area contributed by atoms with E-state index in [1.165, 1.54) is 11.6 Å². The van der Waals surface area contributed by atoms with Crippen molar-refractivity contribution in [3.8, 4) is 5.88 Å². The van der Waals surface area contributed by atoms with Gasteiger partial charge in [0.05, 0.1) is 11.7 Å². The molecule has 1 atom stereocenters. The van der Waals surface area contributed by atoms with Gasteiger partial charge in [0.15, 0.2) is 0 Å². The maximum atomic E-state index is 9.95. The van der Waals surface area contributed by atoms with E-state index in [0.717, 1.165) is 22.8 Å². The second-order valence-electron chi connectivity index (χ2n) is 4.62. The molecule has 0 fully saturated rings. The van der Waals surface area contributed by atoms with Crippen molar-refractivity contribution in [2.45, 2.75) is 6.10 Å². The summed E-state index contributed by atoms with van der Waals surface area (Å²) in [6, 6.07) is 14.2. The van der Waals surface area contributed by atoms with Crippen LogP contribution in [0.2, 0.25) is 0 Å². The molecule has 0 aliphatic rings. The number of benzene rings is 2. The second-order valence-corrected chi connectivity index (χ2v) is 5.17. The van der Waals surface area contributed by atoms with E-state index >= 15 is 0 Å². The SMILES string of the molecule is OC(CNc1cccc2ccccc12)COc1cnsn1. The maximum Gasteiger partial charge on any atom is 0.245 e. The Morgan fingerprint density at radius 3 is 2.90 bits per heavy atom. The van der Waals surface area contributed by atoms with Crippen molar-refractivity contribution in [1.29, 1.82) is 0 Å². The van der Waals surface area contributed by atoms with E-state index in [0.29, 0.717) is 12.4 Å². The Morgan fingerprint density at radius 1 is 1.19 bits per heavy atom. The van der Waals surface area contributed by atoms with Gasteiger partial charge in [0.25, 0.3) is 0 Å². The lowest BCUT2D eigenvalue weighted by Crippen LogP contribution is -2.26. The average molecular weight is 301 g/mol. The topological polar surface area (TPSA) is 67.3 Å². The number of aliphatic hydroxyl groups is 1. The van der Waals surface area contributed by atoms with E-state index in [9.17, 15) is 5.11 Å². The van der Waals surface area contributed by atoms with E-state index in [1.807, 2.05) is 24.3 Å². The van der Waals surface area contributed by atoms with Gasteiger partial charge in [-0.3, -0.25) is 0 Å². The Bertz CT molecular complexity index is 698. The molecule has 5 nitrogen and oxygen atoms in total. The Labute approximate surface area is 126 Å². The lowest BCUT2D eigenvalue weighted by molar-refractivity contribution is 0.115. The van der Waals surface area contributed by atoms with Crippen molar-refractivity contribution in [2.75, 3.05) is 18.5 Å². The smallest absolute Gasteiger partial charge is 0.245 e. The predicted molar refractivity (Wildman–Crippen MR) is 83.8 cm³/mol. The van der Waals surface area contributed by atoms with Gasteiger partial charge in [-0.15, -0.1) is 4.37 Å². The number of hydrogen-bond acceptors (Lipinski definition) is 6. The highest BCUT2D eigenvalue weighted by Gasteiger charge is 2.07. The summed E-state index contributed by atoms with van der Waals surface area (Å²) in [7, 11) is 0. The van der Waals surface area contributed by atoms with Crippen LogP contribution in [-0.2, 0) is 0 Å². The fraction of sp³-hybridized carbons (Fsp3) is 0.200. The van der Waals surface area contributed by atoms with Crippen LogP contribution in [0, 0.1) is 0 Å². The van der Waals surface area contributed by atoms with Crippen LogP contribution < -0.4 is 10.1 Å². The molecule has 0 saturated carbocycles. The molecule has 3 rings (SSSR count). The molecule has 2 aromatic carbocycles. The predicted octanol–water partition coefficient (Wildman–Crippen LogP) is 2.54. The van der Waals surface area contributed by atoms with E-state index in [4.69, 9.17) is 4.74 Å². The summed E-state index contributed by atoms with van der Waals surface area (Å²) in [6.45, 7) is 0.592. The molecule has 1 unspecified atom stereocenters. The average Bonchev–Trinajstić information content (AvgIpc) is 3.04. The zero-order valence-corrected chi connectivity index (χ0v) is 12.1. The van der Waals surface area contributed by atoms with Gasteiger partial charge in [0.2, 0.25) is 5.88 Å². The fourth-order valence-electron chi connectivity index (χ4n) is 2.07. The van der Waals surface area contributed by atoms with Gasteiger partial charge in [0.1, 0.15) is 18.9 Å². The lowest BCUT2D eigenvalue weighted by Gasteiger charge is -2.14. The van der Waals surface area contributed by atoms with Crippen LogP contribution in [0.25, 0.3) is 10.8 Å². The van der Waals surface area contributed by atoms with Gasteiger partial charge in [-0.25, -0.2) is 0 Å². The third-order valence-corrected chi connectivity index (χ3v) is 3.54. The number of nitrogens with zero attached hydrogens (tertiary/aromatic N) is 2. The maximum absolute atomic E-state index is 9.95. The first-order valence-corrected chi connectivity index (χ1v) is 7.36. The molecule has 108 valence electrons. The van der Waals surface area contributed by atoms with Crippen molar-refractivity contribution in [2.24, 2.45) is 0 Å². The van der Waals surface area contributed by atoms with Gasteiger partial charge < -0.3 is 15.2 Å². The highest BCUT2D eigenvalue weighted by atomic mass is 32.1. The molecule has 0 aliphatic carbocycles. The number of anilines is 1. The van der Waals surface area contributed by atoms with Gasteiger partial charge in [-0.05, 0) is 11.5 Å². The third-order valence-electron chi connectivity index (χ3n) is 3.08.